The molecule has 1 aromatic heterocycles. The molecule has 1 aliphatic carbocycles. The molecule has 1 amide bonds. The summed E-state index contributed by atoms with van der Waals surface area (Å²) in [4.78, 5) is 14.0. The molecule has 122 valence electrons. The molecule has 5 nitrogen and oxygen atoms in total. The molecule has 0 fully saturated rings. The smallest absolute Gasteiger partial charge is 0.274 e. The summed E-state index contributed by atoms with van der Waals surface area (Å²) in [6.45, 7) is 1.98. The number of carbonyl (C=O) groups is 1. The fourth-order valence-electron chi connectivity index (χ4n) is 3.02. The van der Waals surface area contributed by atoms with Crippen LogP contribution in [0.15, 0.2) is 18.2 Å². The zero-order chi connectivity index (χ0) is 16.6. The number of likely N-dealkylation sites (N-methyl/N-ethyl adjacent to an activating group) is 1. The summed E-state index contributed by atoms with van der Waals surface area (Å²) in [7, 11) is 1.63. The third kappa shape index (κ3) is 2.74. The van der Waals surface area contributed by atoms with E-state index < -0.39 is 0 Å². The predicted octanol–water partition coefficient (Wildman–Crippen LogP) is 1.87. The van der Waals surface area contributed by atoms with E-state index in [1.807, 2.05) is 13.0 Å². The molecule has 0 unspecified atom stereocenters. The van der Waals surface area contributed by atoms with Gasteiger partial charge in [-0.05, 0) is 43.9 Å². The Labute approximate surface area is 134 Å². The first-order valence-electron chi connectivity index (χ1n) is 7.76. The first-order valence-corrected chi connectivity index (χ1v) is 7.76. The first-order chi connectivity index (χ1) is 11.0. The Morgan fingerprint density at radius 2 is 2.22 bits per heavy atom. The molecule has 0 aliphatic heterocycles. The van der Waals surface area contributed by atoms with Gasteiger partial charge in [-0.1, -0.05) is 6.07 Å². The monoisotopic (exact) mass is 317 g/mol. The molecule has 3 rings (SSSR count). The van der Waals surface area contributed by atoms with E-state index in [4.69, 9.17) is 5.11 Å². The van der Waals surface area contributed by atoms with E-state index in [-0.39, 0.29) is 24.9 Å². The third-order valence-corrected chi connectivity index (χ3v) is 4.25. The van der Waals surface area contributed by atoms with Crippen molar-refractivity contribution >= 4 is 5.91 Å². The maximum absolute atomic E-state index is 14.3. The molecule has 0 radical (unpaired) electrons. The highest BCUT2D eigenvalue weighted by Crippen LogP contribution is 2.29. The van der Waals surface area contributed by atoms with E-state index in [1.54, 1.807) is 17.8 Å². The normalized spacial score (nSPS) is 13.2. The van der Waals surface area contributed by atoms with Gasteiger partial charge in [-0.2, -0.15) is 5.10 Å². The lowest BCUT2D eigenvalue weighted by Gasteiger charge is -2.14. The molecule has 2 aromatic rings. The van der Waals surface area contributed by atoms with Crippen LogP contribution in [0.3, 0.4) is 0 Å². The fraction of sp³-hybridized carbons (Fsp3) is 0.412. The maximum Gasteiger partial charge on any atom is 0.274 e. The van der Waals surface area contributed by atoms with Gasteiger partial charge in [0.1, 0.15) is 11.5 Å². The average Bonchev–Trinajstić information content (AvgIpc) is 3.09. The Morgan fingerprint density at radius 1 is 1.43 bits per heavy atom. The van der Waals surface area contributed by atoms with Crippen LogP contribution in [0.4, 0.5) is 4.39 Å². The number of carbonyl (C=O) groups excluding carboxylic acids is 1. The van der Waals surface area contributed by atoms with E-state index in [2.05, 4.69) is 5.10 Å². The van der Waals surface area contributed by atoms with Crippen molar-refractivity contribution in [2.24, 2.45) is 0 Å². The lowest BCUT2D eigenvalue weighted by molar-refractivity contribution is 0.0759. The molecule has 0 atom stereocenters. The van der Waals surface area contributed by atoms with Gasteiger partial charge in [0, 0.05) is 24.8 Å². The zero-order valence-electron chi connectivity index (χ0n) is 13.3. The summed E-state index contributed by atoms with van der Waals surface area (Å²) in [5.41, 5.74) is 3.40. The highest BCUT2D eigenvalue weighted by molar-refractivity contribution is 5.94. The van der Waals surface area contributed by atoms with Crippen LogP contribution in [0, 0.1) is 12.7 Å². The van der Waals surface area contributed by atoms with Crippen LogP contribution in [-0.4, -0.2) is 45.9 Å². The minimum Gasteiger partial charge on any atom is -0.395 e. The summed E-state index contributed by atoms with van der Waals surface area (Å²) in [5, 5.41) is 13.4. The minimum atomic E-state index is -0.343. The van der Waals surface area contributed by atoms with Crippen molar-refractivity contribution in [2.75, 3.05) is 20.2 Å². The Bertz CT molecular complexity index is 755. The van der Waals surface area contributed by atoms with Gasteiger partial charge in [-0.3, -0.25) is 4.79 Å². The van der Waals surface area contributed by atoms with Gasteiger partial charge in [-0.15, -0.1) is 0 Å². The number of aliphatic hydroxyl groups excluding tert-OH is 1. The van der Waals surface area contributed by atoms with Gasteiger partial charge >= 0.3 is 0 Å². The molecule has 0 spiro atoms. The van der Waals surface area contributed by atoms with Gasteiger partial charge in [0.2, 0.25) is 0 Å². The number of halogens is 1. The summed E-state index contributed by atoms with van der Waals surface area (Å²) in [6.07, 6.45) is 2.49. The van der Waals surface area contributed by atoms with Gasteiger partial charge < -0.3 is 10.0 Å². The van der Waals surface area contributed by atoms with Crippen molar-refractivity contribution in [3.63, 3.8) is 0 Å². The Balaban J connectivity index is 2.07. The van der Waals surface area contributed by atoms with Crippen molar-refractivity contribution in [3.8, 4) is 5.69 Å². The second kappa shape index (κ2) is 6.12. The number of nitrogens with zero attached hydrogens (tertiary/aromatic N) is 3. The summed E-state index contributed by atoms with van der Waals surface area (Å²) < 4.78 is 15.9. The van der Waals surface area contributed by atoms with Gasteiger partial charge in [0.15, 0.2) is 5.69 Å². The van der Waals surface area contributed by atoms with Crippen LogP contribution >= 0.6 is 0 Å². The molecule has 0 bridgehead atoms. The fourth-order valence-corrected chi connectivity index (χ4v) is 3.02. The van der Waals surface area contributed by atoms with E-state index in [9.17, 15) is 9.18 Å². The molecule has 1 N–H and O–H groups in total. The van der Waals surface area contributed by atoms with Crippen LogP contribution in [0.2, 0.25) is 0 Å². The summed E-state index contributed by atoms with van der Waals surface area (Å²) >= 11 is 0. The van der Waals surface area contributed by atoms with E-state index in [1.165, 1.54) is 11.0 Å². The second-order valence-corrected chi connectivity index (χ2v) is 5.94. The number of aryl methyl sites for hydroxylation is 1. The Morgan fingerprint density at radius 3 is 2.91 bits per heavy atom. The molecule has 6 heteroatoms. The average molecular weight is 317 g/mol. The molecule has 0 saturated carbocycles. The molecule has 23 heavy (non-hydrogen) atoms. The maximum atomic E-state index is 14.3. The van der Waals surface area contributed by atoms with Crippen LogP contribution in [0.5, 0.6) is 0 Å². The number of hydrogen-bond acceptors (Lipinski definition) is 3. The standard InChI is InChI=1S/C17H20FN3O2/c1-11-6-7-15(13(18)10-11)21-14-5-3-4-12(14)16(19-21)17(23)20(2)8-9-22/h6-7,10,22H,3-5,8-9H2,1-2H3. The number of aromatic nitrogens is 2. The molecule has 1 aromatic carbocycles. The lowest BCUT2D eigenvalue weighted by Crippen LogP contribution is -2.30. The second-order valence-electron chi connectivity index (χ2n) is 5.94. The molecular weight excluding hydrogens is 297 g/mol. The topological polar surface area (TPSA) is 58.4 Å². The van der Waals surface area contributed by atoms with Crippen molar-refractivity contribution in [1.82, 2.24) is 14.7 Å². The van der Waals surface area contributed by atoms with Crippen LogP contribution in [0.25, 0.3) is 5.69 Å². The molecule has 1 aliphatic rings. The number of hydrogen-bond donors (Lipinski definition) is 1. The first kappa shape index (κ1) is 15.7. The third-order valence-electron chi connectivity index (χ3n) is 4.25. The number of benzene rings is 1. The predicted molar refractivity (Wildman–Crippen MR) is 84.3 cm³/mol. The van der Waals surface area contributed by atoms with Crippen molar-refractivity contribution in [1.29, 1.82) is 0 Å². The molecular formula is C17H20FN3O2. The largest absolute Gasteiger partial charge is 0.395 e. The van der Waals surface area contributed by atoms with Crippen LogP contribution in [0.1, 0.15) is 33.7 Å². The SMILES string of the molecule is Cc1ccc(-n2nc(C(=O)N(C)CCO)c3c2CCC3)c(F)c1. The number of aliphatic hydroxyl groups is 1. The summed E-state index contributed by atoms with van der Waals surface area (Å²) in [6, 6.07) is 5.00. The van der Waals surface area contributed by atoms with Crippen LogP contribution < -0.4 is 0 Å². The Hall–Kier alpha value is -2.21. The van der Waals surface area contributed by atoms with Crippen molar-refractivity contribution in [2.45, 2.75) is 26.2 Å². The van der Waals surface area contributed by atoms with Gasteiger partial charge in [0.05, 0.1) is 6.61 Å². The van der Waals surface area contributed by atoms with Crippen molar-refractivity contribution in [3.05, 3.63) is 46.5 Å². The number of fused-ring (bicyclic) bond motifs is 1. The minimum absolute atomic E-state index is 0.0995. The highest BCUT2D eigenvalue weighted by Gasteiger charge is 2.29. The Kier molecular flexibility index (Phi) is 4.17. The molecule has 1 heterocycles. The highest BCUT2D eigenvalue weighted by atomic mass is 19.1. The number of amides is 1. The van der Waals surface area contributed by atoms with E-state index in [0.717, 1.165) is 36.1 Å². The van der Waals surface area contributed by atoms with Crippen LogP contribution in [-0.2, 0) is 12.8 Å². The van der Waals surface area contributed by atoms with E-state index in [0.29, 0.717) is 11.4 Å². The van der Waals surface area contributed by atoms with Gasteiger partial charge in [-0.25, -0.2) is 9.07 Å². The van der Waals surface area contributed by atoms with Gasteiger partial charge in [0.25, 0.3) is 5.91 Å². The number of rotatable bonds is 4. The quantitative estimate of drug-likeness (QED) is 0.936. The lowest BCUT2D eigenvalue weighted by atomic mass is 10.2. The zero-order valence-corrected chi connectivity index (χ0v) is 13.3. The van der Waals surface area contributed by atoms with Crippen molar-refractivity contribution < 1.29 is 14.3 Å². The summed E-state index contributed by atoms with van der Waals surface area (Å²) in [5.74, 6) is -0.576. The van der Waals surface area contributed by atoms with E-state index >= 15 is 0 Å². The molecule has 0 saturated heterocycles.